The Morgan fingerprint density at radius 3 is 2.72 bits per heavy atom. The van der Waals surface area contributed by atoms with Gasteiger partial charge in [-0.25, -0.2) is 4.98 Å². The number of rotatable bonds is 7. The van der Waals surface area contributed by atoms with Gasteiger partial charge in [0.2, 0.25) is 5.91 Å². The number of hydrogen-bond donors (Lipinski definition) is 1. The second-order valence-corrected chi connectivity index (χ2v) is 6.60. The molecule has 4 aromatic rings. The average molecular weight is 388 g/mol. The Labute approximate surface area is 166 Å². The number of carbonyl (C=O) groups is 1. The van der Waals surface area contributed by atoms with Gasteiger partial charge in [0.1, 0.15) is 12.4 Å². The maximum atomic E-state index is 12.3. The molecule has 0 aliphatic carbocycles. The summed E-state index contributed by atoms with van der Waals surface area (Å²) in [7, 11) is 0. The number of aromatic nitrogens is 5. The highest BCUT2D eigenvalue weighted by Crippen LogP contribution is 2.14. The summed E-state index contributed by atoms with van der Waals surface area (Å²) in [5.74, 6) is 0.635. The van der Waals surface area contributed by atoms with Crippen molar-refractivity contribution < 1.29 is 4.79 Å². The van der Waals surface area contributed by atoms with Crippen molar-refractivity contribution in [2.45, 2.75) is 19.4 Å². The van der Waals surface area contributed by atoms with Gasteiger partial charge >= 0.3 is 0 Å². The molecule has 8 heteroatoms. The summed E-state index contributed by atoms with van der Waals surface area (Å²) < 4.78 is 3.31. The van der Waals surface area contributed by atoms with E-state index >= 15 is 0 Å². The van der Waals surface area contributed by atoms with Crippen LogP contribution < -0.4 is 10.9 Å². The van der Waals surface area contributed by atoms with Crippen LogP contribution in [-0.4, -0.2) is 36.6 Å². The molecule has 1 amide bonds. The van der Waals surface area contributed by atoms with Crippen LogP contribution >= 0.6 is 0 Å². The van der Waals surface area contributed by atoms with Crippen LogP contribution in [0, 0.1) is 0 Å². The maximum Gasteiger partial charge on any atom is 0.269 e. The Hall–Kier alpha value is -3.81. The van der Waals surface area contributed by atoms with Gasteiger partial charge in [-0.15, -0.1) is 10.2 Å². The molecule has 0 bridgehead atoms. The lowest BCUT2D eigenvalue weighted by molar-refractivity contribution is -0.121. The van der Waals surface area contributed by atoms with Crippen molar-refractivity contribution in [1.29, 1.82) is 0 Å². The van der Waals surface area contributed by atoms with Crippen LogP contribution in [0.15, 0.2) is 71.9 Å². The summed E-state index contributed by atoms with van der Waals surface area (Å²) in [4.78, 5) is 28.5. The zero-order valence-corrected chi connectivity index (χ0v) is 15.7. The molecule has 4 rings (SSSR count). The molecule has 0 fully saturated rings. The lowest BCUT2D eigenvalue weighted by Crippen LogP contribution is -2.33. The fourth-order valence-corrected chi connectivity index (χ4v) is 3.07. The van der Waals surface area contributed by atoms with Gasteiger partial charge in [-0.2, -0.15) is 0 Å². The topological polar surface area (TPSA) is 94.2 Å². The van der Waals surface area contributed by atoms with Gasteiger partial charge in [-0.1, -0.05) is 36.4 Å². The minimum Gasteiger partial charge on any atom is -0.355 e. The van der Waals surface area contributed by atoms with Gasteiger partial charge in [0.15, 0.2) is 5.65 Å². The second kappa shape index (κ2) is 8.47. The number of carbonyl (C=O) groups excluding carboxylic acids is 1. The molecular weight excluding hydrogens is 368 g/mol. The lowest BCUT2D eigenvalue weighted by atomic mass is 10.2. The van der Waals surface area contributed by atoms with Crippen molar-refractivity contribution in [3.63, 3.8) is 0 Å². The maximum absolute atomic E-state index is 12.3. The Balaban J connectivity index is 1.32. The highest BCUT2D eigenvalue weighted by molar-refractivity contribution is 5.75. The molecule has 1 N–H and O–H groups in total. The number of nitrogens with one attached hydrogen (secondary N) is 1. The average Bonchev–Trinajstić information content (AvgIpc) is 3.17. The van der Waals surface area contributed by atoms with E-state index in [-0.39, 0.29) is 18.0 Å². The summed E-state index contributed by atoms with van der Waals surface area (Å²) >= 11 is 0. The molecule has 0 aliphatic heterocycles. The second-order valence-electron chi connectivity index (χ2n) is 6.60. The monoisotopic (exact) mass is 388 g/mol. The first-order chi connectivity index (χ1) is 14.2. The van der Waals surface area contributed by atoms with Crippen molar-refractivity contribution in [3.05, 3.63) is 83.3 Å². The molecule has 146 valence electrons. The Morgan fingerprint density at radius 2 is 1.86 bits per heavy atom. The predicted octanol–water partition coefficient (Wildman–Crippen LogP) is 1.70. The van der Waals surface area contributed by atoms with Crippen molar-refractivity contribution in [2.24, 2.45) is 0 Å². The number of nitrogens with zero attached hydrogens (tertiary/aromatic N) is 5. The van der Waals surface area contributed by atoms with Gasteiger partial charge in [0.05, 0.1) is 11.9 Å². The van der Waals surface area contributed by atoms with Gasteiger partial charge in [0, 0.05) is 30.9 Å². The Kier molecular flexibility index (Phi) is 5.42. The first-order valence-corrected chi connectivity index (χ1v) is 9.38. The third kappa shape index (κ3) is 4.37. The van der Waals surface area contributed by atoms with Crippen LogP contribution in [0.5, 0.6) is 0 Å². The summed E-state index contributed by atoms with van der Waals surface area (Å²) in [6.45, 7) is 0.445. The summed E-state index contributed by atoms with van der Waals surface area (Å²) in [5, 5.41) is 11.1. The van der Waals surface area contributed by atoms with E-state index in [1.165, 1.54) is 10.8 Å². The molecule has 0 saturated carbocycles. The molecule has 0 atom stereocenters. The number of benzene rings is 1. The standard InChI is InChI=1S/C21H20N6O2/c28-20(22-11-6-10-19-25-24-18-9-4-5-12-27(18)19)15-26-14-17(23-13-21(26)29)16-7-2-1-3-8-16/h1-5,7-9,12-14H,6,10-11,15H2,(H,22,28). The van der Waals surface area contributed by atoms with E-state index in [0.717, 1.165) is 23.5 Å². The van der Waals surface area contributed by atoms with Crippen LogP contribution in [0.25, 0.3) is 16.9 Å². The molecule has 8 nitrogen and oxygen atoms in total. The van der Waals surface area contributed by atoms with Gasteiger partial charge in [-0.05, 0) is 18.6 Å². The molecule has 3 aromatic heterocycles. The minimum atomic E-state index is -0.310. The minimum absolute atomic E-state index is 0.0466. The fraction of sp³-hybridized carbons (Fsp3) is 0.190. The molecule has 29 heavy (non-hydrogen) atoms. The van der Waals surface area contributed by atoms with Crippen LogP contribution in [0.2, 0.25) is 0 Å². The molecule has 0 spiro atoms. The molecule has 0 saturated heterocycles. The fourth-order valence-electron chi connectivity index (χ4n) is 3.07. The van der Waals surface area contributed by atoms with Gasteiger partial charge < -0.3 is 9.88 Å². The normalized spacial score (nSPS) is 10.9. The predicted molar refractivity (Wildman–Crippen MR) is 108 cm³/mol. The first kappa shape index (κ1) is 18.5. The van der Waals surface area contributed by atoms with E-state index in [1.807, 2.05) is 59.1 Å². The molecule has 3 heterocycles. The van der Waals surface area contributed by atoms with E-state index in [2.05, 4.69) is 20.5 Å². The van der Waals surface area contributed by atoms with E-state index in [1.54, 1.807) is 6.20 Å². The van der Waals surface area contributed by atoms with Crippen LogP contribution in [0.1, 0.15) is 12.2 Å². The third-order valence-electron chi connectivity index (χ3n) is 4.54. The smallest absolute Gasteiger partial charge is 0.269 e. The Morgan fingerprint density at radius 1 is 1.03 bits per heavy atom. The highest BCUT2D eigenvalue weighted by Gasteiger charge is 2.08. The molecule has 0 aliphatic rings. The van der Waals surface area contributed by atoms with E-state index in [4.69, 9.17) is 0 Å². The van der Waals surface area contributed by atoms with Gasteiger partial charge in [-0.3, -0.25) is 14.0 Å². The number of fused-ring (bicyclic) bond motifs is 1. The van der Waals surface area contributed by atoms with E-state index in [9.17, 15) is 9.59 Å². The highest BCUT2D eigenvalue weighted by atomic mass is 16.2. The quantitative estimate of drug-likeness (QED) is 0.486. The largest absolute Gasteiger partial charge is 0.355 e. The number of hydrogen-bond acceptors (Lipinski definition) is 5. The summed E-state index contributed by atoms with van der Waals surface area (Å²) in [6, 6.07) is 15.3. The number of pyridine rings is 1. The summed E-state index contributed by atoms with van der Waals surface area (Å²) in [5.41, 5.74) is 2.03. The molecule has 0 unspecified atom stereocenters. The van der Waals surface area contributed by atoms with E-state index < -0.39 is 0 Å². The molecule has 0 radical (unpaired) electrons. The molecule has 1 aromatic carbocycles. The van der Waals surface area contributed by atoms with E-state index in [0.29, 0.717) is 18.7 Å². The SMILES string of the molecule is O=C(Cn1cc(-c2ccccc2)ncc1=O)NCCCc1nnc2ccccn12. The molecular formula is C21H20N6O2. The van der Waals surface area contributed by atoms with Crippen molar-refractivity contribution in [1.82, 2.24) is 29.5 Å². The third-order valence-corrected chi connectivity index (χ3v) is 4.54. The zero-order valence-electron chi connectivity index (χ0n) is 15.7. The van der Waals surface area contributed by atoms with Crippen molar-refractivity contribution in [3.8, 4) is 11.3 Å². The lowest BCUT2D eigenvalue weighted by Gasteiger charge is -2.09. The van der Waals surface area contributed by atoms with Crippen LogP contribution in [-0.2, 0) is 17.8 Å². The zero-order chi connectivity index (χ0) is 20.1. The van der Waals surface area contributed by atoms with Crippen molar-refractivity contribution in [2.75, 3.05) is 6.54 Å². The Bertz CT molecular complexity index is 1180. The first-order valence-electron chi connectivity index (χ1n) is 9.38. The number of amides is 1. The van der Waals surface area contributed by atoms with Crippen molar-refractivity contribution >= 4 is 11.6 Å². The van der Waals surface area contributed by atoms with Gasteiger partial charge in [0.25, 0.3) is 5.56 Å². The summed E-state index contributed by atoms with van der Waals surface area (Å²) in [6.07, 6.45) is 6.19. The van der Waals surface area contributed by atoms with Crippen LogP contribution in [0.3, 0.4) is 0 Å². The van der Waals surface area contributed by atoms with Crippen LogP contribution in [0.4, 0.5) is 0 Å². The number of aryl methyl sites for hydroxylation is 1.